The standard InChI is InChI=1S/C17H23N3O2/c21-16-13-19(10-7-18-16)12-14-5-4-6-15(11-14)17(22)20-8-2-1-3-9-20/h4-6,11H,1-3,7-10,12-13H2,(H,18,21). The Morgan fingerprint density at radius 2 is 1.95 bits per heavy atom. The number of hydrogen-bond donors (Lipinski definition) is 1. The molecule has 1 aromatic rings. The first-order valence-electron chi connectivity index (χ1n) is 8.10. The van der Waals surface area contributed by atoms with Crippen molar-refractivity contribution < 1.29 is 9.59 Å². The summed E-state index contributed by atoms with van der Waals surface area (Å²) in [6.07, 6.45) is 3.43. The van der Waals surface area contributed by atoms with E-state index in [0.717, 1.165) is 43.6 Å². The van der Waals surface area contributed by atoms with Crippen LogP contribution in [0.3, 0.4) is 0 Å². The minimum absolute atomic E-state index is 0.0757. The van der Waals surface area contributed by atoms with Crippen LogP contribution in [-0.2, 0) is 11.3 Å². The van der Waals surface area contributed by atoms with Gasteiger partial charge in [-0.15, -0.1) is 0 Å². The summed E-state index contributed by atoms with van der Waals surface area (Å²) in [6.45, 7) is 4.45. The molecule has 0 spiro atoms. The molecule has 5 heteroatoms. The van der Waals surface area contributed by atoms with Crippen molar-refractivity contribution in [2.75, 3.05) is 32.7 Å². The molecule has 0 saturated carbocycles. The maximum Gasteiger partial charge on any atom is 0.253 e. The van der Waals surface area contributed by atoms with E-state index in [2.05, 4.69) is 10.2 Å². The number of hydrogen-bond acceptors (Lipinski definition) is 3. The molecule has 5 nitrogen and oxygen atoms in total. The van der Waals surface area contributed by atoms with Crippen molar-refractivity contribution >= 4 is 11.8 Å². The van der Waals surface area contributed by atoms with E-state index in [9.17, 15) is 9.59 Å². The van der Waals surface area contributed by atoms with Gasteiger partial charge in [0.25, 0.3) is 5.91 Å². The third kappa shape index (κ3) is 3.65. The Kier molecular flexibility index (Phi) is 4.73. The Balaban J connectivity index is 1.66. The fraction of sp³-hybridized carbons (Fsp3) is 0.529. The highest BCUT2D eigenvalue weighted by molar-refractivity contribution is 5.94. The largest absolute Gasteiger partial charge is 0.354 e. The summed E-state index contributed by atoms with van der Waals surface area (Å²) in [5, 5.41) is 2.83. The van der Waals surface area contributed by atoms with Gasteiger partial charge in [0.15, 0.2) is 0 Å². The fourth-order valence-corrected chi connectivity index (χ4v) is 3.17. The molecule has 0 radical (unpaired) electrons. The predicted molar refractivity (Wildman–Crippen MR) is 84.5 cm³/mol. The van der Waals surface area contributed by atoms with Crippen LogP contribution in [0.4, 0.5) is 0 Å². The van der Waals surface area contributed by atoms with Crippen molar-refractivity contribution in [3.05, 3.63) is 35.4 Å². The van der Waals surface area contributed by atoms with Crippen molar-refractivity contribution in [3.8, 4) is 0 Å². The van der Waals surface area contributed by atoms with Crippen LogP contribution in [0.15, 0.2) is 24.3 Å². The third-order valence-electron chi connectivity index (χ3n) is 4.34. The number of carbonyl (C=O) groups excluding carboxylic acids is 2. The van der Waals surface area contributed by atoms with E-state index in [1.807, 2.05) is 29.2 Å². The smallest absolute Gasteiger partial charge is 0.253 e. The monoisotopic (exact) mass is 301 g/mol. The Morgan fingerprint density at radius 3 is 2.73 bits per heavy atom. The van der Waals surface area contributed by atoms with E-state index in [1.165, 1.54) is 6.42 Å². The van der Waals surface area contributed by atoms with Crippen LogP contribution in [-0.4, -0.2) is 54.3 Å². The number of nitrogens with one attached hydrogen (secondary N) is 1. The number of amides is 2. The van der Waals surface area contributed by atoms with Crippen LogP contribution in [0.2, 0.25) is 0 Å². The van der Waals surface area contributed by atoms with E-state index < -0.39 is 0 Å². The summed E-state index contributed by atoms with van der Waals surface area (Å²) in [5.74, 6) is 0.213. The Labute approximate surface area is 131 Å². The Hall–Kier alpha value is -1.88. The molecule has 1 aromatic carbocycles. The second-order valence-electron chi connectivity index (χ2n) is 6.11. The van der Waals surface area contributed by atoms with Crippen molar-refractivity contribution in [1.29, 1.82) is 0 Å². The minimum Gasteiger partial charge on any atom is -0.354 e. The minimum atomic E-state index is 0.0757. The first kappa shape index (κ1) is 15.0. The lowest BCUT2D eigenvalue weighted by atomic mass is 10.1. The molecule has 2 aliphatic heterocycles. The lowest BCUT2D eigenvalue weighted by Gasteiger charge is -2.28. The summed E-state index contributed by atoms with van der Waals surface area (Å²) in [7, 11) is 0. The van der Waals surface area contributed by atoms with Gasteiger partial charge in [-0.1, -0.05) is 12.1 Å². The molecule has 22 heavy (non-hydrogen) atoms. The second kappa shape index (κ2) is 6.92. The summed E-state index contributed by atoms with van der Waals surface area (Å²) in [5.41, 5.74) is 1.86. The van der Waals surface area contributed by atoms with Crippen LogP contribution in [0.25, 0.3) is 0 Å². The lowest BCUT2D eigenvalue weighted by Crippen LogP contribution is -2.47. The summed E-state index contributed by atoms with van der Waals surface area (Å²) < 4.78 is 0. The number of carbonyl (C=O) groups is 2. The number of nitrogens with zero attached hydrogens (tertiary/aromatic N) is 2. The van der Waals surface area contributed by atoms with Crippen LogP contribution in [0, 0.1) is 0 Å². The maximum absolute atomic E-state index is 12.5. The van der Waals surface area contributed by atoms with Crippen molar-refractivity contribution in [1.82, 2.24) is 15.1 Å². The average molecular weight is 301 g/mol. The Morgan fingerprint density at radius 1 is 1.14 bits per heavy atom. The molecule has 2 aliphatic rings. The molecule has 0 bridgehead atoms. The molecule has 0 unspecified atom stereocenters. The molecule has 0 aliphatic carbocycles. The van der Waals surface area contributed by atoms with Gasteiger partial charge >= 0.3 is 0 Å². The molecule has 0 atom stereocenters. The van der Waals surface area contributed by atoms with Crippen LogP contribution >= 0.6 is 0 Å². The van der Waals surface area contributed by atoms with Gasteiger partial charge in [-0.05, 0) is 37.0 Å². The van der Waals surface area contributed by atoms with Gasteiger partial charge in [-0.2, -0.15) is 0 Å². The first-order valence-corrected chi connectivity index (χ1v) is 8.10. The van der Waals surface area contributed by atoms with E-state index in [0.29, 0.717) is 19.6 Å². The lowest BCUT2D eigenvalue weighted by molar-refractivity contribution is -0.124. The van der Waals surface area contributed by atoms with Crippen molar-refractivity contribution in [2.24, 2.45) is 0 Å². The van der Waals surface area contributed by atoms with Crippen molar-refractivity contribution in [3.63, 3.8) is 0 Å². The van der Waals surface area contributed by atoms with E-state index >= 15 is 0 Å². The molecule has 2 heterocycles. The number of piperazine rings is 1. The van der Waals surface area contributed by atoms with Gasteiger partial charge in [-0.3, -0.25) is 14.5 Å². The average Bonchev–Trinajstić information content (AvgIpc) is 2.55. The van der Waals surface area contributed by atoms with Crippen LogP contribution < -0.4 is 5.32 Å². The molecular formula is C17H23N3O2. The number of benzene rings is 1. The number of rotatable bonds is 3. The fourth-order valence-electron chi connectivity index (χ4n) is 3.17. The number of piperidine rings is 1. The molecule has 1 N–H and O–H groups in total. The third-order valence-corrected chi connectivity index (χ3v) is 4.34. The zero-order valence-electron chi connectivity index (χ0n) is 12.9. The quantitative estimate of drug-likeness (QED) is 0.914. The van der Waals surface area contributed by atoms with Gasteiger partial charge in [0, 0.05) is 38.3 Å². The van der Waals surface area contributed by atoms with Gasteiger partial charge < -0.3 is 10.2 Å². The Bertz CT molecular complexity index is 553. The molecule has 2 amide bonds. The van der Waals surface area contributed by atoms with Crippen LogP contribution in [0.5, 0.6) is 0 Å². The summed E-state index contributed by atoms with van der Waals surface area (Å²) in [6, 6.07) is 7.84. The second-order valence-corrected chi connectivity index (χ2v) is 6.11. The van der Waals surface area contributed by atoms with E-state index in [-0.39, 0.29) is 11.8 Å². The first-order chi connectivity index (χ1) is 10.7. The van der Waals surface area contributed by atoms with Gasteiger partial charge in [0.2, 0.25) is 5.91 Å². The van der Waals surface area contributed by atoms with Gasteiger partial charge in [-0.25, -0.2) is 0 Å². The highest BCUT2D eigenvalue weighted by Gasteiger charge is 2.19. The normalized spacial score (nSPS) is 19.8. The topological polar surface area (TPSA) is 52.7 Å². The summed E-state index contributed by atoms with van der Waals surface area (Å²) in [4.78, 5) is 28.0. The predicted octanol–water partition coefficient (Wildman–Crippen LogP) is 1.24. The molecule has 118 valence electrons. The van der Waals surface area contributed by atoms with Crippen molar-refractivity contribution in [2.45, 2.75) is 25.8 Å². The van der Waals surface area contributed by atoms with Gasteiger partial charge in [0.1, 0.15) is 0 Å². The number of likely N-dealkylation sites (tertiary alicyclic amines) is 1. The molecule has 2 fully saturated rings. The maximum atomic E-state index is 12.5. The van der Waals surface area contributed by atoms with Gasteiger partial charge in [0.05, 0.1) is 6.54 Å². The molecular weight excluding hydrogens is 278 g/mol. The molecule has 2 saturated heterocycles. The van der Waals surface area contributed by atoms with Crippen LogP contribution in [0.1, 0.15) is 35.2 Å². The zero-order valence-corrected chi connectivity index (χ0v) is 12.9. The van der Waals surface area contributed by atoms with E-state index in [4.69, 9.17) is 0 Å². The zero-order chi connectivity index (χ0) is 15.4. The molecule has 0 aromatic heterocycles. The SMILES string of the molecule is O=C1CN(Cc2cccc(C(=O)N3CCCCC3)c2)CCN1. The highest BCUT2D eigenvalue weighted by Crippen LogP contribution is 2.15. The highest BCUT2D eigenvalue weighted by atomic mass is 16.2. The molecule has 3 rings (SSSR count). The summed E-state index contributed by atoms with van der Waals surface area (Å²) >= 11 is 0. The van der Waals surface area contributed by atoms with E-state index in [1.54, 1.807) is 0 Å².